The summed E-state index contributed by atoms with van der Waals surface area (Å²) in [5.74, 6) is -4.40. The smallest absolute Gasteiger partial charge is 0.259 e. The van der Waals surface area contributed by atoms with Crippen LogP contribution in [0, 0.1) is 17.8 Å². The second kappa shape index (κ2) is 11.6. The zero-order valence-corrected chi connectivity index (χ0v) is 25.9. The van der Waals surface area contributed by atoms with E-state index in [2.05, 4.69) is 12.2 Å². The molecule has 236 valence electrons. The molecule has 0 aromatic heterocycles. The molecular weight excluding hydrogens is 556 g/mol. The van der Waals surface area contributed by atoms with Gasteiger partial charge in [0.1, 0.15) is 12.3 Å². The largest absolute Gasteiger partial charge is 0.872 e. The molecule has 0 unspecified atom stereocenters. The second-order valence-electron chi connectivity index (χ2n) is 12.7. The van der Waals surface area contributed by atoms with Gasteiger partial charge in [-0.05, 0) is 39.7 Å². The quantitative estimate of drug-likeness (QED) is 0.110. The summed E-state index contributed by atoms with van der Waals surface area (Å²) in [6.45, 7) is 11.6. The van der Waals surface area contributed by atoms with E-state index in [1.54, 1.807) is 19.9 Å². The SMILES string of the molecule is CNC(=O)[C@@H](C)[C@H]1C(=O)/C(=C([O-])/C=C/C(C)=C/[C@@H](C)[C@H]2O[C@@]3(C)O[C@H](C=C[C@@]34CO4)[C@@H]2C)C(=O)N1[C@@H]1CC[C@H](O)[C@H](C)O1. The van der Waals surface area contributed by atoms with Crippen LogP contribution in [0.5, 0.6) is 0 Å². The molecule has 0 saturated carbocycles. The van der Waals surface area contributed by atoms with E-state index in [0.29, 0.717) is 13.0 Å². The van der Waals surface area contributed by atoms with Crippen molar-refractivity contribution in [1.82, 2.24) is 10.2 Å². The fourth-order valence-electron chi connectivity index (χ4n) is 6.81. The molecule has 11 atom stereocenters. The van der Waals surface area contributed by atoms with Crippen molar-refractivity contribution >= 4 is 17.6 Å². The van der Waals surface area contributed by atoms with Crippen LogP contribution in [0.3, 0.4) is 0 Å². The molecule has 5 aliphatic heterocycles. The van der Waals surface area contributed by atoms with Crippen molar-refractivity contribution in [1.29, 1.82) is 0 Å². The zero-order valence-electron chi connectivity index (χ0n) is 25.9. The molecule has 0 radical (unpaired) electrons. The van der Waals surface area contributed by atoms with Crippen LogP contribution in [0.1, 0.15) is 54.4 Å². The Bertz CT molecular complexity index is 1280. The molecule has 0 aromatic carbocycles. The van der Waals surface area contributed by atoms with E-state index in [-0.39, 0.29) is 30.5 Å². The fourth-order valence-corrected chi connectivity index (χ4v) is 6.81. The maximum Gasteiger partial charge on any atom is 0.259 e. The number of epoxide rings is 1. The Kier molecular flexibility index (Phi) is 8.51. The summed E-state index contributed by atoms with van der Waals surface area (Å²) in [4.78, 5) is 40.9. The molecule has 0 aliphatic carbocycles. The molecular formula is C32H43N2O9-. The lowest BCUT2D eigenvalue weighted by molar-refractivity contribution is -0.346. The summed E-state index contributed by atoms with van der Waals surface area (Å²) in [7, 11) is 1.45. The summed E-state index contributed by atoms with van der Waals surface area (Å²) < 4.78 is 24.3. The van der Waals surface area contributed by atoms with Gasteiger partial charge in [0, 0.05) is 18.9 Å². The standard InChI is InChI=1S/C32H44N2O9/c1-16(14-17(2)28-18(3)23-12-13-32(15-40-32)31(6,42-23)43-28)8-9-22(36)25-27(37)26(19(4)29(38)33-7)34(30(25)39)24-11-10-21(35)20(5)41-24/h8-9,12-14,17-21,23-24,26,28,35-36H,10-11,15H2,1-7H3,(H,33,38)/p-1/b9-8+,16-14+,25-22+/t17-,18+,19+,20+,21+,23-,24+,26+,28-,31-,32-/m1/s1. The first-order valence-electron chi connectivity index (χ1n) is 15.1. The number of nitrogens with one attached hydrogen (secondary N) is 1. The third-order valence-electron chi connectivity index (χ3n) is 9.66. The van der Waals surface area contributed by atoms with Gasteiger partial charge in [0.2, 0.25) is 11.7 Å². The first-order chi connectivity index (χ1) is 20.2. The number of fused-ring (bicyclic) bond motifs is 3. The van der Waals surface area contributed by atoms with Crippen molar-refractivity contribution in [2.75, 3.05) is 13.7 Å². The van der Waals surface area contributed by atoms with Crippen LogP contribution in [0.25, 0.3) is 0 Å². The summed E-state index contributed by atoms with van der Waals surface area (Å²) >= 11 is 0. The second-order valence-corrected chi connectivity index (χ2v) is 12.7. The number of carbonyl (C=O) groups is 3. The monoisotopic (exact) mass is 599 g/mol. The van der Waals surface area contributed by atoms with Crippen molar-refractivity contribution in [3.05, 3.63) is 47.3 Å². The molecule has 2 amide bonds. The number of aliphatic hydroxyl groups excluding tert-OH is 1. The van der Waals surface area contributed by atoms with Gasteiger partial charge in [-0.2, -0.15) is 0 Å². The van der Waals surface area contributed by atoms with Crippen LogP contribution in [0.2, 0.25) is 0 Å². The van der Waals surface area contributed by atoms with Crippen LogP contribution in [0.15, 0.2) is 47.3 Å². The van der Waals surface area contributed by atoms with Crippen molar-refractivity contribution in [2.45, 2.75) is 102 Å². The van der Waals surface area contributed by atoms with E-state index in [9.17, 15) is 24.6 Å². The predicted octanol–water partition coefficient (Wildman–Crippen LogP) is 1.26. The number of rotatable bonds is 7. The number of ketones is 1. The van der Waals surface area contributed by atoms with Gasteiger partial charge in [-0.1, -0.05) is 56.4 Å². The average Bonchev–Trinajstić information content (AvgIpc) is 3.71. The van der Waals surface area contributed by atoms with Crippen molar-refractivity contribution in [3.8, 4) is 0 Å². The molecule has 5 heterocycles. The summed E-state index contributed by atoms with van der Waals surface area (Å²) in [5, 5.41) is 26.0. The molecule has 1 spiro atoms. The van der Waals surface area contributed by atoms with Gasteiger partial charge in [0.25, 0.3) is 5.91 Å². The average molecular weight is 600 g/mol. The molecule has 11 heteroatoms. The molecule has 2 bridgehead atoms. The number of aliphatic hydroxyl groups is 1. The summed E-state index contributed by atoms with van der Waals surface area (Å²) in [5.41, 5.74) is -0.287. The number of Topliss-reactive ketones (excluding diaryl/α,β-unsaturated/α-hetero) is 1. The molecule has 4 fully saturated rings. The van der Waals surface area contributed by atoms with Crippen LogP contribution in [-0.2, 0) is 33.3 Å². The summed E-state index contributed by atoms with van der Waals surface area (Å²) in [6, 6.07) is -1.19. The number of nitrogens with zero attached hydrogens (tertiary/aromatic N) is 1. The molecule has 2 N–H and O–H groups in total. The molecule has 43 heavy (non-hydrogen) atoms. The number of hydrogen-bond donors (Lipinski definition) is 2. The van der Waals surface area contributed by atoms with E-state index in [1.807, 2.05) is 39.0 Å². The highest BCUT2D eigenvalue weighted by atomic mass is 16.8. The highest BCUT2D eigenvalue weighted by molar-refractivity contribution is 6.27. The molecule has 0 aromatic rings. The highest BCUT2D eigenvalue weighted by Crippen LogP contribution is 2.52. The zero-order chi connectivity index (χ0) is 31.4. The van der Waals surface area contributed by atoms with Gasteiger partial charge >= 0.3 is 0 Å². The Morgan fingerprint density at radius 1 is 1.21 bits per heavy atom. The van der Waals surface area contributed by atoms with Crippen molar-refractivity contribution in [2.24, 2.45) is 17.8 Å². The lowest BCUT2D eigenvalue weighted by Crippen LogP contribution is -2.61. The number of ether oxygens (including phenoxy) is 4. The van der Waals surface area contributed by atoms with Crippen LogP contribution < -0.4 is 10.4 Å². The Hall–Kier alpha value is -2.83. The van der Waals surface area contributed by atoms with Gasteiger partial charge in [0.05, 0.1) is 42.5 Å². The normalized spacial score (nSPS) is 42.0. The van der Waals surface area contributed by atoms with Gasteiger partial charge in [-0.15, -0.1) is 0 Å². The Morgan fingerprint density at radius 2 is 1.91 bits per heavy atom. The molecule has 5 aliphatic rings. The van der Waals surface area contributed by atoms with E-state index >= 15 is 0 Å². The van der Waals surface area contributed by atoms with Crippen LogP contribution >= 0.6 is 0 Å². The summed E-state index contributed by atoms with van der Waals surface area (Å²) in [6.07, 6.45) is 7.13. The lowest BCUT2D eigenvalue weighted by Gasteiger charge is -2.51. The first kappa shape index (κ1) is 31.6. The minimum Gasteiger partial charge on any atom is -0.872 e. The van der Waals surface area contributed by atoms with E-state index in [0.717, 1.165) is 5.57 Å². The van der Waals surface area contributed by atoms with E-state index < -0.39 is 70.7 Å². The minimum atomic E-state index is -1.19. The Balaban J connectivity index is 1.36. The van der Waals surface area contributed by atoms with Crippen molar-refractivity contribution < 1.29 is 43.5 Å². The number of amides is 2. The predicted molar refractivity (Wildman–Crippen MR) is 153 cm³/mol. The fraction of sp³-hybridized carbons (Fsp3) is 0.656. The molecule has 11 nitrogen and oxygen atoms in total. The van der Waals surface area contributed by atoms with E-state index in [1.165, 1.54) is 18.0 Å². The van der Waals surface area contributed by atoms with Gasteiger partial charge in [-0.25, -0.2) is 0 Å². The number of carbonyl (C=O) groups excluding carboxylic acids is 3. The van der Waals surface area contributed by atoms with E-state index in [4.69, 9.17) is 18.9 Å². The van der Waals surface area contributed by atoms with Crippen LogP contribution in [0.4, 0.5) is 0 Å². The third-order valence-corrected chi connectivity index (χ3v) is 9.66. The minimum absolute atomic E-state index is 0.0424. The molecule has 5 rings (SSSR count). The van der Waals surface area contributed by atoms with Crippen molar-refractivity contribution in [3.63, 3.8) is 0 Å². The number of hydrogen-bond acceptors (Lipinski definition) is 9. The lowest BCUT2D eigenvalue weighted by atomic mass is 9.82. The topological polar surface area (TPSA) is 150 Å². The number of allylic oxidation sites excluding steroid dienone is 3. The van der Waals surface area contributed by atoms with Gasteiger partial charge < -0.3 is 39.4 Å². The Morgan fingerprint density at radius 3 is 2.53 bits per heavy atom. The maximum absolute atomic E-state index is 13.6. The highest BCUT2D eigenvalue weighted by Gasteiger charge is 2.66. The molecule has 4 saturated heterocycles. The third kappa shape index (κ3) is 5.50. The maximum atomic E-state index is 13.6. The van der Waals surface area contributed by atoms with Crippen LogP contribution in [-0.4, -0.2) is 89.3 Å². The van der Waals surface area contributed by atoms with Gasteiger partial charge in [0.15, 0.2) is 11.4 Å². The Labute approximate surface area is 252 Å². The number of likely N-dealkylation sites (tertiary alicyclic amines) is 1. The van der Waals surface area contributed by atoms with Gasteiger partial charge in [-0.3, -0.25) is 14.4 Å². The first-order valence-corrected chi connectivity index (χ1v) is 15.1.